The second-order valence-electron chi connectivity index (χ2n) is 7.53. The first kappa shape index (κ1) is 22.2. The van der Waals surface area contributed by atoms with Crippen molar-refractivity contribution in [3.8, 4) is 5.75 Å². The number of benzene rings is 2. The fourth-order valence-corrected chi connectivity index (χ4v) is 5.25. The summed E-state index contributed by atoms with van der Waals surface area (Å²) >= 11 is 0. The van der Waals surface area contributed by atoms with Gasteiger partial charge in [0.15, 0.2) is 6.79 Å². The zero-order valence-electron chi connectivity index (χ0n) is 17.2. The van der Waals surface area contributed by atoms with Crippen LogP contribution in [-0.2, 0) is 32.7 Å². The summed E-state index contributed by atoms with van der Waals surface area (Å²) in [5, 5.41) is 11.2. The first-order valence-electron chi connectivity index (χ1n) is 10.1. The number of ether oxygens (including phenoxy) is 3. The van der Waals surface area contributed by atoms with Crippen molar-refractivity contribution in [1.82, 2.24) is 4.31 Å². The second kappa shape index (κ2) is 9.23. The van der Waals surface area contributed by atoms with E-state index in [0.29, 0.717) is 30.0 Å². The average Bonchev–Trinajstić information content (AvgIpc) is 2.82. The molecule has 4 rings (SSSR count). The number of carbonyl (C=O) groups is 1. The van der Waals surface area contributed by atoms with Crippen LogP contribution >= 0.6 is 0 Å². The number of esters is 1. The Hall–Kier alpha value is -3.02. The standard InChI is InChI=1S/C21H22N2O8S/c24-21(15-4-6-19(7-5-15)32(27,28)22-8-2-1-3-9-22)30-13-17-11-18(23(25)26)10-16-12-29-14-31-20(16)17/h4-7,10-11H,1-3,8-9,12-14H2. The van der Waals surface area contributed by atoms with E-state index in [9.17, 15) is 23.3 Å². The maximum Gasteiger partial charge on any atom is 0.338 e. The Labute approximate surface area is 184 Å². The van der Waals surface area contributed by atoms with Gasteiger partial charge in [0.2, 0.25) is 10.0 Å². The largest absolute Gasteiger partial charge is 0.467 e. The molecule has 0 saturated carbocycles. The van der Waals surface area contributed by atoms with Crippen LogP contribution in [0.2, 0.25) is 0 Å². The average molecular weight is 462 g/mol. The molecule has 0 spiro atoms. The number of piperidine rings is 1. The quantitative estimate of drug-likeness (QED) is 0.364. The highest BCUT2D eigenvalue weighted by atomic mass is 32.2. The summed E-state index contributed by atoms with van der Waals surface area (Å²) in [5.74, 6) is -0.281. The summed E-state index contributed by atoms with van der Waals surface area (Å²) in [4.78, 5) is 23.3. The Kier molecular flexibility index (Phi) is 6.40. The summed E-state index contributed by atoms with van der Waals surface area (Å²) in [5.41, 5.74) is 0.876. The highest BCUT2D eigenvalue weighted by Gasteiger charge is 2.26. The molecule has 32 heavy (non-hydrogen) atoms. The molecule has 0 bridgehead atoms. The van der Waals surface area contributed by atoms with E-state index in [-0.39, 0.29) is 36.2 Å². The molecule has 10 nitrogen and oxygen atoms in total. The highest BCUT2D eigenvalue weighted by Crippen LogP contribution is 2.33. The number of rotatable bonds is 6. The lowest BCUT2D eigenvalue weighted by molar-refractivity contribution is -0.385. The van der Waals surface area contributed by atoms with Crippen molar-refractivity contribution >= 4 is 21.7 Å². The minimum absolute atomic E-state index is 0.00128. The van der Waals surface area contributed by atoms with Gasteiger partial charge in [0.1, 0.15) is 12.4 Å². The molecule has 0 atom stereocenters. The fraction of sp³-hybridized carbons (Fsp3) is 0.381. The maximum absolute atomic E-state index is 12.7. The normalized spacial score (nSPS) is 16.6. The van der Waals surface area contributed by atoms with Crippen LogP contribution in [0.1, 0.15) is 40.7 Å². The zero-order valence-corrected chi connectivity index (χ0v) is 18.0. The third-order valence-electron chi connectivity index (χ3n) is 5.38. The van der Waals surface area contributed by atoms with E-state index in [1.165, 1.54) is 40.7 Å². The molecule has 2 heterocycles. The predicted molar refractivity (Wildman–Crippen MR) is 112 cm³/mol. The maximum atomic E-state index is 12.7. The molecule has 11 heteroatoms. The molecule has 0 aliphatic carbocycles. The summed E-state index contributed by atoms with van der Waals surface area (Å²) in [7, 11) is -3.59. The number of nitro groups is 1. The highest BCUT2D eigenvalue weighted by molar-refractivity contribution is 7.89. The Bertz CT molecular complexity index is 1130. The summed E-state index contributed by atoms with van der Waals surface area (Å²) in [6.45, 7) is 0.903. The molecule has 0 N–H and O–H groups in total. The Morgan fingerprint density at radius 2 is 1.84 bits per heavy atom. The van der Waals surface area contributed by atoms with Crippen LogP contribution in [-0.4, -0.2) is 43.5 Å². The summed E-state index contributed by atoms with van der Waals surface area (Å²) in [6, 6.07) is 8.22. The van der Waals surface area contributed by atoms with Crippen molar-refractivity contribution in [3.63, 3.8) is 0 Å². The van der Waals surface area contributed by atoms with Gasteiger partial charge in [-0.05, 0) is 37.1 Å². The predicted octanol–water partition coefficient (Wildman–Crippen LogP) is 2.99. The lowest BCUT2D eigenvalue weighted by Crippen LogP contribution is -2.35. The van der Waals surface area contributed by atoms with Crippen LogP contribution in [0.5, 0.6) is 5.75 Å². The minimum atomic E-state index is -3.59. The second-order valence-corrected chi connectivity index (χ2v) is 9.46. The third-order valence-corrected chi connectivity index (χ3v) is 7.30. The van der Waals surface area contributed by atoms with Crippen LogP contribution in [0.4, 0.5) is 5.69 Å². The SMILES string of the molecule is O=C(OCc1cc([N+](=O)[O-])cc2c1OCOC2)c1ccc(S(=O)(=O)N2CCCCC2)cc1. The minimum Gasteiger partial charge on any atom is -0.467 e. The number of fused-ring (bicyclic) bond motifs is 1. The molecule has 1 fully saturated rings. The molecule has 2 aromatic rings. The van der Waals surface area contributed by atoms with E-state index in [1.54, 1.807) is 0 Å². The van der Waals surface area contributed by atoms with Crippen LogP contribution in [0.3, 0.4) is 0 Å². The summed E-state index contributed by atoms with van der Waals surface area (Å²) in [6.07, 6.45) is 2.68. The lowest BCUT2D eigenvalue weighted by Gasteiger charge is -2.25. The topological polar surface area (TPSA) is 125 Å². The fourth-order valence-electron chi connectivity index (χ4n) is 3.74. The molecular weight excluding hydrogens is 440 g/mol. The van der Waals surface area contributed by atoms with Crippen LogP contribution in [0.15, 0.2) is 41.3 Å². The van der Waals surface area contributed by atoms with Gasteiger partial charge in [-0.1, -0.05) is 6.42 Å². The van der Waals surface area contributed by atoms with Gasteiger partial charge in [-0.3, -0.25) is 10.1 Å². The first-order valence-corrected chi connectivity index (χ1v) is 11.6. The van der Waals surface area contributed by atoms with Crippen LogP contribution in [0.25, 0.3) is 0 Å². The van der Waals surface area contributed by atoms with E-state index in [0.717, 1.165) is 19.3 Å². The van der Waals surface area contributed by atoms with Gasteiger partial charge < -0.3 is 14.2 Å². The molecule has 2 aromatic carbocycles. The van der Waals surface area contributed by atoms with Gasteiger partial charge in [-0.2, -0.15) is 4.31 Å². The van der Waals surface area contributed by atoms with Gasteiger partial charge in [0.25, 0.3) is 5.69 Å². The molecule has 1 saturated heterocycles. The lowest BCUT2D eigenvalue weighted by atomic mass is 10.1. The number of hydrogen-bond donors (Lipinski definition) is 0. The Morgan fingerprint density at radius 3 is 2.53 bits per heavy atom. The van der Waals surface area contributed by atoms with Crippen molar-refractivity contribution in [2.45, 2.75) is 37.4 Å². The van der Waals surface area contributed by atoms with Crippen molar-refractivity contribution in [2.75, 3.05) is 19.9 Å². The molecule has 0 radical (unpaired) electrons. The third kappa shape index (κ3) is 4.59. The number of nitrogens with zero attached hydrogens (tertiary/aromatic N) is 2. The molecule has 2 aliphatic heterocycles. The van der Waals surface area contributed by atoms with Gasteiger partial charge >= 0.3 is 5.97 Å². The first-order chi connectivity index (χ1) is 15.4. The molecule has 0 amide bonds. The van der Waals surface area contributed by atoms with Crippen LogP contribution in [0, 0.1) is 10.1 Å². The molecule has 2 aliphatic rings. The van der Waals surface area contributed by atoms with E-state index >= 15 is 0 Å². The van der Waals surface area contributed by atoms with Gasteiger partial charge in [-0.15, -0.1) is 0 Å². The van der Waals surface area contributed by atoms with Gasteiger partial charge in [-0.25, -0.2) is 13.2 Å². The number of non-ortho nitro benzene ring substituents is 1. The Morgan fingerprint density at radius 1 is 1.12 bits per heavy atom. The van der Waals surface area contributed by atoms with E-state index in [4.69, 9.17) is 14.2 Å². The van der Waals surface area contributed by atoms with Crippen molar-refractivity contribution in [3.05, 3.63) is 63.2 Å². The number of carbonyl (C=O) groups excluding carboxylic acids is 1. The monoisotopic (exact) mass is 462 g/mol. The van der Waals surface area contributed by atoms with Gasteiger partial charge in [0, 0.05) is 36.3 Å². The van der Waals surface area contributed by atoms with Crippen molar-refractivity contribution in [2.24, 2.45) is 0 Å². The van der Waals surface area contributed by atoms with Gasteiger partial charge in [0.05, 0.1) is 22.0 Å². The number of hydrogen-bond acceptors (Lipinski definition) is 8. The molecular formula is C21H22N2O8S. The smallest absolute Gasteiger partial charge is 0.338 e. The van der Waals surface area contributed by atoms with Crippen molar-refractivity contribution in [1.29, 1.82) is 0 Å². The van der Waals surface area contributed by atoms with E-state index < -0.39 is 20.9 Å². The van der Waals surface area contributed by atoms with E-state index in [1.807, 2.05) is 0 Å². The van der Waals surface area contributed by atoms with Crippen molar-refractivity contribution < 1.29 is 32.3 Å². The van der Waals surface area contributed by atoms with Crippen LogP contribution < -0.4 is 4.74 Å². The molecule has 0 aromatic heterocycles. The number of sulfonamides is 1. The molecule has 170 valence electrons. The molecule has 0 unspecified atom stereocenters. The summed E-state index contributed by atoms with van der Waals surface area (Å²) < 4.78 is 42.8. The number of nitro benzene ring substituents is 1. The van der Waals surface area contributed by atoms with E-state index in [2.05, 4.69) is 0 Å². The zero-order chi connectivity index (χ0) is 22.7. The Balaban J connectivity index is 1.47.